The first-order chi connectivity index (χ1) is 30.9. The number of nitrogens with zero attached hydrogens (tertiary/aromatic N) is 5. The van der Waals surface area contributed by atoms with Crippen LogP contribution in [0.5, 0.6) is 0 Å². The number of hydrogen-bond donors (Lipinski definition) is 5. The molecule has 0 bridgehead atoms. The van der Waals surface area contributed by atoms with Gasteiger partial charge in [0.05, 0.1) is 53.3 Å². The smallest absolute Gasteiger partial charge is 0.407 e. The molecule has 0 radical (unpaired) electrons. The summed E-state index contributed by atoms with van der Waals surface area (Å²) >= 11 is 0. The fourth-order valence-electron chi connectivity index (χ4n) is 9.93. The molecule has 5 N–H and O–H groups in total. The van der Waals surface area contributed by atoms with Crippen LogP contribution in [0.1, 0.15) is 113 Å². The van der Waals surface area contributed by atoms with Gasteiger partial charge in [0.2, 0.25) is 11.8 Å². The number of amides is 4. The fourth-order valence-corrected chi connectivity index (χ4v) is 10.7. The predicted molar refractivity (Wildman–Crippen MR) is 240 cm³/mol. The lowest BCUT2D eigenvalue weighted by Crippen LogP contribution is -2.51. The second kappa shape index (κ2) is 18.0. The Bertz CT molecular complexity index is 2760. The Hall–Kier alpha value is -6.24. The quantitative estimate of drug-likeness (QED) is 0.0852. The molecule has 8 rings (SSSR count). The van der Waals surface area contributed by atoms with Gasteiger partial charge in [-0.3, -0.25) is 9.59 Å². The molecule has 4 amide bonds. The van der Waals surface area contributed by atoms with Crippen molar-refractivity contribution in [1.29, 1.82) is 0 Å². The molecule has 3 aliphatic rings. The molecule has 3 saturated heterocycles. The summed E-state index contributed by atoms with van der Waals surface area (Å²) in [4.78, 5) is 73.2. The van der Waals surface area contributed by atoms with E-state index in [0.29, 0.717) is 67.1 Å². The molecule has 5 heterocycles. The van der Waals surface area contributed by atoms with Gasteiger partial charge >= 0.3 is 12.2 Å². The van der Waals surface area contributed by atoms with Gasteiger partial charge in [0, 0.05) is 25.0 Å². The van der Waals surface area contributed by atoms with Gasteiger partial charge in [0.15, 0.2) is 9.84 Å². The Morgan fingerprint density at radius 1 is 0.738 bits per heavy atom. The van der Waals surface area contributed by atoms with E-state index in [4.69, 9.17) is 14.7 Å². The molecule has 346 valence electrons. The average molecular weight is 914 g/mol. The topological polar surface area (TPSA) is 223 Å². The lowest BCUT2D eigenvalue weighted by Gasteiger charge is -2.33. The number of H-pyrrole nitrogens is 2. The number of benzene rings is 3. The van der Waals surface area contributed by atoms with Crippen LogP contribution in [0.2, 0.25) is 0 Å². The molecular formula is C46H56FN9O8S. The highest BCUT2D eigenvalue weighted by Crippen LogP contribution is 2.48. The predicted octanol–water partition coefficient (Wildman–Crippen LogP) is 7.06. The van der Waals surface area contributed by atoms with Gasteiger partial charge in [0.25, 0.3) is 0 Å². The fraction of sp³-hybridized carbons (Fsp3) is 0.478. The maximum absolute atomic E-state index is 15.7. The Balaban J connectivity index is 1.11. The van der Waals surface area contributed by atoms with E-state index in [9.17, 15) is 32.7 Å². The minimum absolute atomic E-state index is 0.178. The summed E-state index contributed by atoms with van der Waals surface area (Å²) in [7, 11) is -2.57. The van der Waals surface area contributed by atoms with Gasteiger partial charge in [-0.25, -0.2) is 32.4 Å². The van der Waals surface area contributed by atoms with Crippen LogP contribution in [0.4, 0.5) is 19.7 Å². The minimum Gasteiger partial charge on any atom is -0.465 e. The molecular weight excluding hydrogens is 858 g/mol. The Morgan fingerprint density at radius 3 is 1.66 bits per heavy atom. The zero-order valence-corrected chi connectivity index (χ0v) is 38.1. The zero-order chi connectivity index (χ0) is 46.5. The van der Waals surface area contributed by atoms with E-state index in [-0.39, 0.29) is 52.7 Å². The second-order valence-electron chi connectivity index (χ2n) is 18.1. The van der Waals surface area contributed by atoms with E-state index in [2.05, 4.69) is 25.5 Å². The largest absolute Gasteiger partial charge is 0.465 e. The van der Waals surface area contributed by atoms with E-state index in [1.165, 1.54) is 19.2 Å². The highest BCUT2D eigenvalue weighted by atomic mass is 32.2. The number of aromatic nitrogens is 4. The van der Waals surface area contributed by atoms with Crippen molar-refractivity contribution in [3.63, 3.8) is 0 Å². The lowest BCUT2D eigenvalue weighted by atomic mass is 10.0. The van der Waals surface area contributed by atoms with E-state index >= 15 is 4.39 Å². The number of hydrogen-bond acceptors (Lipinski definition) is 10. The summed E-state index contributed by atoms with van der Waals surface area (Å²) in [5, 5.41) is 14.5. The van der Waals surface area contributed by atoms with Crippen molar-refractivity contribution in [3.05, 3.63) is 83.2 Å². The third-order valence-corrected chi connectivity index (χ3v) is 14.3. The second-order valence-corrected chi connectivity index (χ2v) is 20.1. The monoisotopic (exact) mass is 913 g/mol. The van der Waals surface area contributed by atoms with E-state index in [1.54, 1.807) is 29.7 Å². The van der Waals surface area contributed by atoms with E-state index in [1.807, 2.05) is 50.2 Å². The summed E-state index contributed by atoms with van der Waals surface area (Å²) in [5.41, 5.74) is 5.27. The van der Waals surface area contributed by atoms with Crippen LogP contribution >= 0.6 is 0 Å². The van der Waals surface area contributed by atoms with Gasteiger partial charge in [-0.15, -0.1) is 0 Å². The Kier molecular flexibility index (Phi) is 12.5. The molecule has 2 aromatic heterocycles. The van der Waals surface area contributed by atoms with Gasteiger partial charge in [-0.05, 0) is 104 Å². The lowest BCUT2D eigenvalue weighted by molar-refractivity contribution is -0.136. The number of halogens is 1. The van der Waals surface area contributed by atoms with Crippen LogP contribution in [0.25, 0.3) is 22.1 Å². The summed E-state index contributed by atoms with van der Waals surface area (Å²) in [6, 6.07) is 13.2. The normalized spacial score (nSPS) is 21.2. The van der Waals surface area contributed by atoms with Gasteiger partial charge in [0.1, 0.15) is 34.4 Å². The first kappa shape index (κ1) is 45.3. The van der Waals surface area contributed by atoms with Crippen molar-refractivity contribution in [1.82, 2.24) is 40.4 Å². The van der Waals surface area contributed by atoms with Crippen molar-refractivity contribution in [2.75, 3.05) is 31.4 Å². The summed E-state index contributed by atoms with van der Waals surface area (Å²) in [6.07, 6.45) is 3.26. The number of rotatable bonds is 12. The number of ether oxygens (including phenoxy) is 1. The number of alkyl carbamates (subject to hydrolysis) is 1. The van der Waals surface area contributed by atoms with Crippen LogP contribution in [-0.2, 0) is 24.2 Å². The standard InChI is InChI=1S/C46H56FN9O8S/c1-24(2)39(52-45(59)60)43(57)54-19-7-9-36(54)41-48-30-14-11-26(21-32(30)50-41)34-16-17-35(56(34)28-13-18-38(29(47)23-28)65(6,62)63)27-12-15-31-33(22-27)51-42(49-31)37-10-8-20-55(37)44(58)40(25(3)4)53-46(61)64-5/h11-15,18,21-25,34-37,39-40,52H,7-10,16-17,19-20H2,1-6H3,(H,48,50)(H,49,51)(H,53,61)(H,59,60)/t34-,35-,36+,37?,39+,40+/m1/s1. The number of carbonyl (C=O) groups excluding carboxylic acids is 3. The van der Waals surface area contributed by atoms with Crippen molar-refractivity contribution >= 4 is 61.6 Å². The molecule has 0 spiro atoms. The number of carboxylic acid groups (broad SMARTS) is 1. The number of nitrogens with one attached hydrogen (secondary N) is 4. The Labute approximate surface area is 376 Å². The first-order valence-corrected chi connectivity index (χ1v) is 24.0. The number of likely N-dealkylation sites (tertiary alicyclic amines) is 2. The van der Waals surface area contributed by atoms with Crippen LogP contribution in [0.3, 0.4) is 0 Å². The Morgan fingerprint density at radius 2 is 1.23 bits per heavy atom. The molecule has 3 aliphatic heterocycles. The number of fused-ring (bicyclic) bond motifs is 2. The highest BCUT2D eigenvalue weighted by Gasteiger charge is 2.41. The zero-order valence-electron chi connectivity index (χ0n) is 37.3. The third-order valence-electron chi connectivity index (χ3n) is 13.1. The molecule has 19 heteroatoms. The van der Waals surface area contributed by atoms with Crippen molar-refractivity contribution < 1.29 is 41.8 Å². The molecule has 0 saturated carbocycles. The molecule has 17 nitrogen and oxygen atoms in total. The van der Waals surface area contributed by atoms with E-state index in [0.717, 1.165) is 41.3 Å². The summed E-state index contributed by atoms with van der Waals surface area (Å²) in [6.45, 7) is 8.33. The van der Waals surface area contributed by atoms with E-state index < -0.39 is 39.9 Å². The minimum atomic E-state index is -3.83. The first-order valence-electron chi connectivity index (χ1n) is 22.2. The third kappa shape index (κ3) is 8.94. The maximum atomic E-state index is 15.7. The molecule has 65 heavy (non-hydrogen) atoms. The van der Waals surface area contributed by atoms with Crippen molar-refractivity contribution in [2.45, 2.75) is 107 Å². The number of imidazole rings is 2. The number of aromatic amines is 2. The molecule has 6 atom stereocenters. The molecule has 1 unspecified atom stereocenters. The SMILES string of the molecule is COC(=O)N[C@H](C(=O)N1CCCC1c1nc2ccc([C@H]3CC[C@H](c4ccc5nc([C@@H]6CCCN6C(=O)[C@@H](NC(=O)O)C(C)C)[nH]c5c4)N3c3ccc(S(C)(=O)=O)c(F)c3)cc2[nH]1)C(C)C. The number of sulfone groups is 1. The summed E-state index contributed by atoms with van der Waals surface area (Å²) in [5.74, 6) is -0.537. The maximum Gasteiger partial charge on any atom is 0.407 e. The average Bonchev–Trinajstić information content (AvgIpc) is 4.11. The van der Waals surface area contributed by atoms with Gasteiger partial charge in [-0.1, -0.05) is 39.8 Å². The van der Waals surface area contributed by atoms with Crippen LogP contribution in [0, 0.1) is 17.7 Å². The van der Waals surface area contributed by atoms with Crippen LogP contribution in [0.15, 0.2) is 59.5 Å². The van der Waals surface area contributed by atoms with Crippen LogP contribution in [-0.4, -0.2) is 106 Å². The van der Waals surface area contributed by atoms with Crippen molar-refractivity contribution in [3.8, 4) is 0 Å². The number of methoxy groups -OCH3 is 1. The molecule has 0 aliphatic carbocycles. The van der Waals surface area contributed by atoms with Gasteiger partial charge in [-0.2, -0.15) is 0 Å². The molecule has 5 aromatic rings. The molecule has 3 aromatic carbocycles. The number of anilines is 1. The summed E-state index contributed by atoms with van der Waals surface area (Å²) < 4.78 is 45.5. The molecule has 3 fully saturated rings. The number of carbonyl (C=O) groups is 4. The van der Waals surface area contributed by atoms with Gasteiger partial charge < -0.3 is 45.1 Å². The van der Waals surface area contributed by atoms with Crippen molar-refractivity contribution in [2.24, 2.45) is 11.8 Å². The highest BCUT2D eigenvalue weighted by molar-refractivity contribution is 7.90. The van der Waals surface area contributed by atoms with Crippen LogP contribution < -0.4 is 15.5 Å².